The van der Waals surface area contributed by atoms with Gasteiger partial charge in [-0.3, -0.25) is 0 Å². The summed E-state index contributed by atoms with van der Waals surface area (Å²) in [6.07, 6.45) is 1.93. The first-order chi connectivity index (χ1) is 10.1. The average molecular weight is 302 g/mol. The molecule has 0 aliphatic heterocycles. The Hall–Kier alpha value is -1.88. The highest BCUT2D eigenvalue weighted by Crippen LogP contribution is 2.22. The topological polar surface area (TPSA) is 63.3 Å². The summed E-state index contributed by atoms with van der Waals surface area (Å²) in [7, 11) is 0. The molecule has 0 spiro atoms. The summed E-state index contributed by atoms with van der Waals surface area (Å²) < 4.78 is 0. The minimum atomic E-state index is 0.443. The van der Waals surface area contributed by atoms with Gasteiger partial charge >= 0.3 is 0 Å². The van der Waals surface area contributed by atoms with Crippen LogP contribution in [0, 0.1) is 6.92 Å². The van der Waals surface area contributed by atoms with E-state index in [1.807, 2.05) is 12.3 Å². The van der Waals surface area contributed by atoms with Crippen molar-refractivity contribution in [2.24, 2.45) is 10.7 Å². The van der Waals surface area contributed by atoms with E-state index in [-0.39, 0.29) is 0 Å². The molecule has 0 aliphatic carbocycles. The van der Waals surface area contributed by atoms with Crippen LogP contribution in [0.3, 0.4) is 0 Å². The molecule has 0 aliphatic rings. The summed E-state index contributed by atoms with van der Waals surface area (Å²) in [6.45, 7) is 6.79. The summed E-state index contributed by atoms with van der Waals surface area (Å²) in [5.74, 6) is 0.443. The fraction of sp³-hybridized carbons (Fsp3) is 0.375. The molecule has 0 saturated carbocycles. The van der Waals surface area contributed by atoms with E-state index >= 15 is 0 Å². The molecule has 0 atom stereocenters. The van der Waals surface area contributed by atoms with Gasteiger partial charge in [0, 0.05) is 16.8 Å². The molecule has 0 unspecified atom stereocenters. The minimum Gasteiger partial charge on any atom is -0.370 e. The Bertz CT molecular complexity index is 609. The van der Waals surface area contributed by atoms with Gasteiger partial charge in [0.15, 0.2) is 5.96 Å². The summed E-state index contributed by atoms with van der Waals surface area (Å²) in [6, 6.07) is 6.34. The number of hydrogen-bond donors (Lipinski definition) is 2. The fourth-order valence-corrected chi connectivity index (χ4v) is 2.89. The van der Waals surface area contributed by atoms with Gasteiger partial charge in [-0.05, 0) is 30.9 Å². The van der Waals surface area contributed by atoms with Crippen LogP contribution in [0.15, 0.2) is 28.6 Å². The predicted molar refractivity (Wildman–Crippen MR) is 91.0 cm³/mol. The molecule has 0 fully saturated rings. The third-order valence-electron chi connectivity index (χ3n) is 3.30. The van der Waals surface area contributed by atoms with Crippen molar-refractivity contribution < 1.29 is 0 Å². The van der Waals surface area contributed by atoms with Gasteiger partial charge in [0.25, 0.3) is 0 Å². The standard InChI is InChI=1S/C16H22N4S/c1-4-12-7-6-8-13(5-2)15(12)20-16(17)18-9-14-19-11(3)10-21-14/h6-8,10H,4-5,9H2,1-3H3,(H3,17,18,20). The van der Waals surface area contributed by atoms with Crippen LogP contribution in [0.25, 0.3) is 0 Å². The van der Waals surface area contributed by atoms with Gasteiger partial charge in [0.2, 0.25) is 0 Å². The Labute approximate surface area is 130 Å². The smallest absolute Gasteiger partial charge is 0.193 e. The van der Waals surface area contributed by atoms with Gasteiger partial charge < -0.3 is 11.1 Å². The number of nitrogens with two attached hydrogens (primary N) is 1. The van der Waals surface area contributed by atoms with E-state index in [0.717, 1.165) is 29.2 Å². The van der Waals surface area contributed by atoms with E-state index in [2.05, 4.69) is 47.3 Å². The lowest BCUT2D eigenvalue weighted by molar-refractivity contribution is 1.01. The first-order valence-corrected chi connectivity index (χ1v) is 8.10. The van der Waals surface area contributed by atoms with Crippen LogP contribution in [0.1, 0.15) is 35.7 Å². The number of hydrogen-bond acceptors (Lipinski definition) is 3. The maximum absolute atomic E-state index is 6.02. The molecule has 4 nitrogen and oxygen atoms in total. The molecule has 112 valence electrons. The van der Waals surface area contributed by atoms with Crippen molar-refractivity contribution in [3.05, 3.63) is 45.4 Å². The highest BCUT2D eigenvalue weighted by atomic mass is 32.1. The monoisotopic (exact) mass is 302 g/mol. The van der Waals surface area contributed by atoms with Crippen molar-refractivity contribution in [1.29, 1.82) is 0 Å². The highest BCUT2D eigenvalue weighted by Gasteiger charge is 2.07. The van der Waals surface area contributed by atoms with Crippen molar-refractivity contribution in [2.75, 3.05) is 5.32 Å². The molecule has 0 bridgehead atoms. The normalized spacial score (nSPS) is 11.7. The lowest BCUT2D eigenvalue weighted by atomic mass is 10.0. The largest absolute Gasteiger partial charge is 0.370 e. The van der Waals surface area contributed by atoms with E-state index in [4.69, 9.17) is 5.73 Å². The summed E-state index contributed by atoms with van der Waals surface area (Å²) in [4.78, 5) is 8.77. The Balaban J connectivity index is 2.13. The van der Waals surface area contributed by atoms with Crippen LogP contribution in [0.4, 0.5) is 5.69 Å². The molecule has 1 aromatic heterocycles. The number of aryl methyl sites for hydroxylation is 3. The lowest BCUT2D eigenvalue weighted by Gasteiger charge is -2.14. The lowest BCUT2D eigenvalue weighted by Crippen LogP contribution is -2.24. The van der Waals surface area contributed by atoms with E-state index < -0.39 is 0 Å². The van der Waals surface area contributed by atoms with Crippen molar-refractivity contribution >= 4 is 23.0 Å². The van der Waals surface area contributed by atoms with E-state index in [1.165, 1.54) is 11.1 Å². The molecule has 3 N–H and O–H groups in total. The van der Waals surface area contributed by atoms with Crippen LogP contribution < -0.4 is 11.1 Å². The number of thiazole rings is 1. The summed E-state index contributed by atoms with van der Waals surface area (Å²) in [5.41, 5.74) is 10.7. The van der Waals surface area contributed by atoms with Crippen LogP contribution in [-0.4, -0.2) is 10.9 Å². The first kappa shape index (κ1) is 15.5. The minimum absolute atomic E-state index is 0.443. The summed E-state index contributed by atoms with van der Waals surface area (Å²) >= 11 is 1.61. The van der Waals surface area contributed by atoms with Crippen molar-refractivity contribution in [3.63, 3.8) is 0 Å². The number of nitrogens with one attached hydrogen (secondary N) is 1. The van der Waals surface area contributed by atoms with Gasteiger partial charge in [-0.2, -0.15) is 0 Å². The van der Waals surface area contributed by atoms with Crippen LogP contribution in [0.5, 0.6) is 0 Å². The quantitative estimate of drug-likeness (QED) is 0.656. The van der Waals surface area contributed by atoms with Crippen molar-refractivity contribution in [3.8, 4) is 0 Å². The predicted octanol–water partition coefficient (Wildman–Crippen LogP) is 3.50. The van der Waals surface area contributed by atoms with Crippen LogP contribution in [-0.2, 0) is 19.4 Å². The Morgan fingerprint density at radius 3 is 2.48 bits per heavy atom. The maximum Gasteiger partial charge on any atom is 0.193 e. The first-order valence-electron chi connectivity index (χ1n) is 7.22. The molecule has 2 rings (SSSR count). The number of aromatic nitrogens is 1. The average Bonchev–Trinajstić information content (AvgIpc) is 2.91. The maximum atomic E-state index is 6.02. The second-order valence-electron chi connectivity index (χ2n) is 4.87. The Morgan fingerprint density at radius 1 is 1.29 bits per heavy atom. The Kier molecular flexibility index (Phi) is 5.33. The van der Waals surface area contributed by atoms with Crippen LogP contribution >= 0.6 is 11.3 Å². The summed E-state index contributed by atoms with van der Waals surface area (Å²) in [5, 5.41) is 6.27. The number of rotatable bonds is 5. The Morgan fingerprint density at radius 2 is 1.95 bits per heavy atom. The fourth-order valence-electron chi connectivity index (χ4n) is 2.20. The third kappa shape index (κ3) is 4.04. The third-order valence-corrected chi connectivity index (χ3v) is 4.25. The molecular formula is C16H22N4S. The molecule has 21 heavy (non-hydrogen) atoms. The number of para-hydroxylation sites is 1. The van der Waals surface area contributed by atoms with E-state index in [0.29, 0.717) is 12.5 Å². The van der Waals surface area contributed by atoms with Crippen molar-refractivity contribution in [1.82, 2.24) is 4.98 Å². The number of benzene rings is 1. The second kappa shape index (κ2) is 7.22. The van der Waals surface area contributed by atoms with Gasteiger partial charge in [-0.1, -0.05) is 32.0 Å². The van der Waals surface area contributed by atoms with Gasteiger partial charge in [0.1, 0.15) is 5.01 Å². The van der Waals surface area contributed by atoms with E-state index in [1.54, 1.807) is 11.3 Å². The number of nitrogens with zero attached hydrogens (tertiary/aromatic N) is 2. The molecule has 0 radical (unpaired) electrons. The van der Waals surface area contributed by atoms with Gasteiger partial charge in [-0.15, -0.1) is 11.3 Å². The van der Waals surface area contributed by atoms with Crippen molar-refractivity contribution in [2.45, 2.75) is 40.2 Å². The molecule has 2 aromatic rings. The molecule has 0 saturated heterocycles. The number of aliphatic imine (C=N–C) groups is 1. The number of anilines is 1. The zero-order valence-corrected chi connectivity index (χ0v) is 13.6. The molecular weight excluding hydrogens is 280 g/mol. The van der Waals surface area contributed by atoms with Crippen LogP contribution in [0.2, 0.25) is 0 Å². The SMILES string of the molecule is CCc1cccc(CC)c1NC(N)=NCc1nc(C)cs1. The molecule has 1 heterocycles. The number of guanidine groups is 1. The van der Waals surface area contributed by atoms with Gasteiger partial charge in [0.05, 0.1) is 6.54 Å². The molecule has 1 aromatic carbocycles. The zero-order valence-electron chi connectivity index (χ0n) is 12.8. The second-order valence-corrected chi connectivity index (χ2v) is 5.81. The molecule has 5 heteroatoms. The van der Waals surface area contributed by atoms with Gasteiger partial charge in [-0.25, -0.2) is 9.98 Å². The highest BCUT2D eigenvalue weighted by molar-refractivity contribution is 7.09. The van der Waals surface area contributed by atoms with E-state index in [9.17, 15) is 0 Å². The zero-order chi connectivity index (χ0) is 15.2. The molecule has 0 amide bonds.